The first-order valence-electron chi connectivity index (χ1n) is 5.24. The third-order valence-corrected chi connectivity index (χ3v) is 3.53. The summed E-state index contributed by atoms with van der Waals surface area (Å²) >= 11 is 0. The second-order valence-corrected chi connectivity index (χ2v) is 4.22. The van der Waals surface area contributed by atoms with E-state index in [-0.39, 0.29) is 0 Å². The molecule has 0 N–H and O–H groups in total. The zero-order valence-electron chi connectivity index (χ0n) is 7.90. The van der Waals surface area contributed by atoms with Gasteiger partial charge in [0.2, 0.25) is 0 Å². The summed E-state index contributed by atoms with van der Waals surface area (Å²) in [5.74, 6) is 3.12. The number of fused-ring (bicyclic) bond motifs is 3. The van der Waals surface area contributed by atoms with Gasteiger partial charge in [0, 0.05) is 27.4 Å². The largest absolute Gasteiger partial charge is 0.346 e. The van der Waals surface area contributed by atoms with Crippen LogP contribution < -0.4 is 10.7 Å². The van der Waals surface area contributed by atoms with Crippen LogP contribution in [0, 0.1) is 0 Å². The van der Waals surface area contributed by atoms with E-state index in [1.54, 1.807) is 0 Å². The Morgan fingerprint density at radius 3 is 2.79 bits per heavy atom. The van der Waals surface area contributed by atoms with E-state index in [4.69, 9.17) is 0 Å². The van der Waals surface area contributed by atoms with Crippen molar-refractivity contribution in [2.45, 2.75) is 12.4 Å². The van der Waals surface area contributed by atoms with Gasteiger partial charge in [-0.05, 0) is 6.42 Å². The lowest BCUT2D eigenvalue weighted by atomic mass is 9.71. The lowest BCUT2D eigenvalue weighted by Crippen LogP contribution is -2.22. The fourth-order valence-electron chi connectivity index (χ4n) is 2.93. The summed E-state index contributed by atoms with van der Waals surface area (Å²) in [6, 6.07) is 8.75. The first kappa shape index (κ1) is 6.94. The maximum Gasteiger partial charge on any atom is 0.178 e. The van der Waals surface area contributed by atoms with Gasteiger partial charge in [-0.15, -0.1) is 0 Å². The van der Waals surface area contributed by atoms with Crippen LogP contribution in [0.4, 0.5) is 0 Å². The molecule has 2 aliphatic heterocycles. The predicted octanol–water partition coefficient (Wildman–Crippen LogP) is 0.512. The monoisotopic (exact) mass is 179 g/mol. The van der Waals surface area contributed by atoms with Crippen LogP contribution in [-0.4, -0.2) is 11.8 Å². The number of aromatic nitrogens is 1. The maximum atomic E-state index is 2.52. The van der Waals surface area contributed by atoms with Crippen molar-refractivity contribution < 1.29 is 0 Å². The second kappa shape index (κ2) is 2.14. The normalized spacial score (nSPS) is 21.6. The summed E-state index contributed by atoms with van der Waals surface area (Å²) < 4.78 is 2.52. The van der Waals surface area contributed by atoms with Crippen LogP contribution in [0.1, 0.15) is 12.4 Å². The molecular weight excluding hydrogens is 169 g/mol. The summed E-state index contributed by atoms with van der Waals surface area (Å²) in [5.41, 5.74) is 0. The quantitative estimate of drug-likeness (QED) is 0.519. The Morgan fingerprint density at radius 1 is 1.14 bits per heavy atom. The third-order valence-electron chi connectivity index (χ3n) is 3.53. The van der Waals surface area contributed by atoms with E-state index in [2.05, 4.69) is 40.9 Å². The average Bonchev–Trinajstić information content (AvgIpc) is 2.86. The zero-order chi connectivity index (χ0) is 9.12. The molecule has 3 heterocycles. The molecule has 2 heteroatoms. The summed E-state index contributed by atoms with van der Waals surface area (Å²) in [6.45, 7) is 0. The van der Waals surface area contributed by atoms with Gasteiger partial charge in [-0.25, -0.2) is 0 Å². The van der Waals surface area contributed by atoms with Crippen molar-refractivity contribution in [3.05, 3.63) is 35.0 Å². The molecule has 14 heavy (non-hydrogen) atoms. The smallest absolute Gasteiger partial charge is 0.178 e. The first-order valence-corrected chi connectivity index (χ1v) is 5.24. The third kappa shape index (κ3) is 0.617. The Kier molecular flexibility index (Phi) is 1.06. The van der Waals surface area contributed by atoms with Crippen LogP contribution in [0.3, 0.4) is 0 Å². The Hall–Kier alpha value is -1.44. The fraction of sp³-hybridized carbons (Fsp3) is 0.167. The number of hydrogen-bond donors (Lipinski definition) is 0. The molecule has 1 nitrogen and oxygen atoms in total. The summed E-state index contributed by atoms with van der Waals surface area (Å²) in [4.78, 5) is 0. The van der Waals surface area contributed by atoms with Crippen LogP contribution in [0.25, 0.3) is 22.8 Å². The highest BCUT2D eigenvalue weighted by molar-refractivity contribution is 6.55. The summed E-state index contributed by atoms with van der Waals surface area (Å²) in [5, 5.41) is 5.77. The molecule has 2 aliphatic rings. The molecule has 1 atom stereocenters. The van der Waals surface area contributed by atoms with Crippen LogP contribution in [0.2, 0.25) is 0 Å². The Balaban J connectivity index is 2.42. The maximum absolute atomic E-state index is 2.52. The van der Waals surface area contributed by atoms with Crippen LogP contribution in [0.15, 0.2) is 24.3 Å². The van der Waals surface area contributed by atoms with Crippen LogP contribution in [-0.2, 0) is 0 Å². The second-order valence-electron chi connectivity index (χ2n) is 4.22. The molecule has 0 saturated heterocycles. The summed E-state index contributed by atoms with van der Waals surface area (Å²) in [6.07, 6.45) is 3.62. The minimum atomic E-state index is 0.729. The fourth-order valence-corrected chi connectivity index (χ4v) is 2.93. The molecule has 0 amide bonds. The van der Waals surface area contributed by atoms with Crippen LogP contribution in [0.5, 0.6) is 0 Å². The van der Waals surface area contributed by atoms with E-state index in [0.29, 0.717) is 0 Å². The van der Waals surface area contributed by atoms with Crippen molar-refractivity contribution in [1.82, 2.24) is 4.57 Å². The molecule has 1 aromatic carbocycles. The Bertz CT molecular complexity index is 596. The highest BCUT2D eigenvalue weighted by atomic mass is 15.0. The summed E-state index contributed by atoms with van der Waals surface area (Å²) in [7, 11) is 1.23. The van der Waals surface area contributed by atoms with Crippen molar-refractivity contribution in [1.29, 1.82) is 0 Å². The lowest BCUT2D eigenvalue weighted by Gasteiger charge is -2.03. The van der Waals surface area contributed by atoms with Crippen LogP contribution >= 0.6 is 0 Å². The lowest BCUT2D eigenvalue weighted by molar-refractivity contribution is 0.704. The number of nitrogens with zero attached hydrogens (tertiary/aromatic N) is 1. The first-order chi connectivity index (χ1) is 6.95. The van der Waals surface area contributed by atoms with Gasteiger partial charge in [-0.2, -0.15) is 0 Å². The number of hydrogen-bond acceptors (Lipinski definition) is 0. The molecule has 66 valence electrons. The molecule has 0 radical (unpaired) electrons. The average molecular weight is 179 g/mol. The molecule has 1 aromatic heterocycles. The Morgan fingerprint density at radius 2 is 1.93 bits per heavy atom. The van der Waals surface area contributed by atoms with E-state index < -0.39 is 0 Å². The van der Waals surface area contributed by atoms with Crippen molar-refractivity contribution in [3.63, 3.8) is 0 Å². The number of benzene rings is 1. The van der Waals surface area contributed by atoms with Gasteiger partial charge in [-0.1, -0.05) is 36.3 Å². The van der Waals surface area contributed by atoms with Crippen molar-refractivity contribution in [2.75, 3.05) is 0 Å². The molecule has 0 aliphatic carbocycles. The van der Waals surface area contributed by atoms with E-state index in [1.807, 2.05) is 0 Å². The predicted molar refractivity (Wildman–Crippen MR) is 60.9 cm³/mol. The SMILES string of the molecule is B1C=c2c3ccccc3c3n2[C@H]1CC=3. The standard InChI is InChI=1S/C12H10BN/c1-2-4-9-8(3-1)10-5-6-12-13-7-11(9)14(10)12/h1-5,7,12-13H,6H2/t12-/m0/s1. The van der Waals surface area contributed by atoms with Gasteiger partial charge >= 0.3 is 0 Å². The van der Waals surface area contributed by atoms with Crippen molar-refractivity contribution in [3.8, 4) is 0 Å². The van der Waals surface area contributed by atoms with E-state index in [1.165, 1.54) is 35.2 Å². The minimum absolute atomic E-state index is 0.729. The molecule has 4 rings (SSSR count). The zero-order valence-corrected chi connectivity index (χ0v) is 7.90. The minimum Gasteiger partial charge on any atom is -0.346 e. The molecule has 0 saturated carbocycles. The molecule has 0 unspecified atom stereocenters. The highest BCUT2D eigenvalue weighted by Gasteiger charge is 2.24. The van der Waals surface area contributed by atoms with Gasteiger partial charge in [-0.3, -0.25) is 0 Å². The number of rotatable bonds is 0. The van der Waals surface area contributed by atoms with Gasteiger partial charge < -0.3 is 4.57 Å². The van der Waals surface area contributed by atoms with Gasteiger partial charge in [0.25, 0.3) is 0 Å². The molecular formula is C12H10BN. The van der Waals surface area contributed by atoms with Gasteiger partial charge in [0.15, 0.2) is 7.28 Å². The topological polar surface area (TPSA) is 4.93 Å². The molecule has 0 bridgehead atoms. The molecule has 2 aromatic rings. The molecule has 0 fully saturated rings. The highest BCUT2D eigenvalue weighted by Crippen LogP contribution is 2.20. The molecule has 0 spiro atoms. The van der Waals surface area contributed by atoms with Gasteiger partial charge in [0.05, 0.1) is 0 Å². The van der Waals surface area contributed by atoms with E-state index in [0.717, 1.165) is 5.94 Å². The Labute approximate surface area is 82.6 Å². The van der Waals surface area contributed by atoms with E-state index in [9.17, 15) is 0 Å². The van der Waals surface area contributed by atoms with Crippen molar-refractivity contribution in [2.24, 2.45) is 0 Å². The van der Waals surface area contributed by atoms with E-state index >= 15 is 0 Å². The van der Waals surface area contributed by atoms with Gasteiger partial charge in [0.1, 0.15) is 0 Å². The van der Waals surface area contributed by atoms with Crippen molar-refractivity contribution >= 4 is 30.1 Å².